The van der Waals surface area contributed by atoms with E-state index in [2.05, 4.69) is 133 Å². The van der Waals surface area contributed by atoms with Gasteiger partial charge in [-0.2, -0.15) is 0 Å². The highest BCUT2D eigenvalue weighted by Gasteiger charge is 2.41. The Kier molecular flexibility index (Phi) is 5.83. The summed E-state index contributed by atoms with van der Waals surface area (Å²) in [6.07, 6.45) is 0. The van der Waals surface area contributed by atoms with Crippen molar-refractivity contribution >= 4 is 72.8 Å². The fourth-order valence-corrected chi connectivity index (χ4v) is 11.8. The molecule has 0 saturated carbocycles. The number of furan rings is 2. The van der Waals surface area contributed by atoms with E-state index in [-0.39, 0.29) is 0 Å². The summed E-state index contributed by atoms with van der Waals surface area (Å²) in [5, 5.41) is 8.58. The molecule has 0 aliphatic rings. The third-order valence-corrected chi connectivity index (χ3v) is 13.8. The first-order valence-electron chi connectivity index (χ1n) is 15.2. The van der Waals surface area contributed by atoms with Crippen LogP contribution < -0.4 is 20.7 Å². The van der Waals surface area contributed by atoms with Crippen LogP contribution in [0.25, 0.3) is 55.3 Å². The van der Waals surface area contributed by atoms with Crippen molar-refractivity contribution in [3.8, 4) is 11.3 Å². The van der Waals surface area contributed by atoms with Gasteiger partial charge in [0.1, 0.15) is 22.3 Å². The van der Waals surface area contributed by atoms with E-state index < -0.39 is 8.07 Å². The Morgan fingerprint density at radius 2 is 0.889 bits per heavy atom. The summed E-state index contributed by atoms with van der Waals surface area (Å²) in [5.74, 6) is 0. The lowest BCUT2D eigenvalue weighted by Crippen LogP contribution is -2.74. The highest BCUT2D eigenvalue weighted by molar-refractivity contribution is 7.20. The van der Waals surface area contributed by atoms with Crippen molar-refractivity contribution in [2.24, 2.45) is 0 Å². The monoisotopic (exact) mass is 593 g/mol. The van der Waals surface area contributed by atoms with Gasteiger partial charge in [-0.3, -0.25) is 0 Å². The molecule has 6 aromatic carbocycles. The predicted molar refractivity (Wildman–Crippen MR) is 188 cm³/mol. The topological polar surface area (TPSA) is 39.2 Å². The van der Waals surface area contributed by atoms with Crippen LogP contribution in [-0.4, -0.2) is 13.1 Å². The number of rotatable bonds is 5. The molecule has 3 heterocycles. The molecule has 0 amide bonds. The number of aromatic nitrogens is 1. The Labute approximate surface area is 261 Å². The van der Waals surface area contributed by atoms with E-state index >= 15 is 0 Å². The molecule has 0 aliphatic carbocycles. The van der Waals surface area contributed by atoms with Gasteiger partial charge in [-0.05, 0) is 69.3 Å². The second kappa shape index (κ2) is 10.2. The van der Waals surface area contributed by atoms with E-state index in [1.54, 1.807) is 0 Å². The van der Waals surface area contributed by atoms with E-state index in [1.165, 1.54) is 20.7 Å². The predicted octanol–water partition coefficient (Wildman–Crippen LogP) is 7.92. The second-order valence-electron chi connectivity index (χ2n) is 11.5. The van der Waals surface area contributed by atoms with E-state index in [0.29, 0.717) is 0 Å². The van der Waals surface area contributed by atoms with Gasteiger partial charge in [0.2, 0.25) is 0 Å². The SMILES string of the molecule is c1ccc([Si](c2ccccc2)(c2ccccc2)c2ccc3oc4ccc(-c5ccc6oc7ccccc7c6n5)cc4c3c2)cc1. The molecule has 9 aromatic rings. The molecule has 9 rings (SSSR count). The average molecular weight is 594 g/mol. The number of para-hydroxylation sites is 1. The number of hydrogen-bond donors (Lipinski definition) is 0. The molecule has 0 spiro atoms. The lowest BCUT2D eigenvalue weighted by Gasteiger charge is -2.34. The van der Waals surface area contributed by atoms with Crippen LogP contribution in [0.5, 0.6) is 0 Å². The van der Waals surface area contributed by atoms with Crippen LogP contribution in [0.3, 0.4) is 0 Å². The van der Waals surface area contributed by atoms with Crippen molar-refractivity contribution in [3.63, 3.8) is 0 Å². The molecular weight excluding hydrogens is 567 g/mol. The molecule has 3 aromatic heterocycles. The molecule has 0 aliphatic heterocycles. The maximum atomic E-state index is 6.42. The lowest BCUT2D eigenvalue weighted by molar-refractivity contribution is 0.668. The minimum absolute atomic E-state index is 0.795. The van der Waals surface area contributed by atoms with Gasteiger partial charge in [0, 0.05) is 21.7 Å². The minimum atomic E-state index is -2.67. The molecule has 0 atom stereocenters. The van der Waals surface area contributed by atoms with Crippen LogP contribution >= 0.6 is 0 Å². The third-order valence-electron chi connectivity index (χ3n) is 9.04. The molecule has 212 valence electrons. The van der Waals surface area contributed by atoms with Gasteiger partial charge in [-0.15, -0.1) is 0 Å². The summed E-state index contributed by atoms with van der Waals surface area (Å²) < 4.78 is 12.5. The zero-order chi connectivity index (χ0) is 29.8. The van der Waals surface area contributed by atoms with Gasteiger partial charge in [0.25, 0.3) is 0 Å². The van der Waals surface area contributed by atoms with Gasteiger partial charge < -0.3 is 8.83 Å². The first kappa shape index (κ1) is 25.8. The van der Waals surface area contributed by atoms with Crippen molar-refractivity contribution in [2.45, 2.75) is 0 Å². The lowest BCUT2D eigenvalue weighted by atomic mass is 10.1. The Morgan fingerprint density at radius 3 is 1.56 bits per heavy atom. The largest absolute Gasteiger partial charge is 0.456 e. The Bertz CT molecular complexity index is 2380. The maximum absolute atomic E-state index is 6.42. The molecule has 0 unspecified atom stereocenters. The van der Waals surface area contributed by atoms with Crippen molar-refractivity contribution in [1.29, 1.82) is 0 Å². The molecular formula is C41H27NO2Si. The smallest absolute Gasteiger partial charge is 0.179 e. The van der Waals surface area contributed by atoms with Gasteiger partial charge in [-0.25, -0.2) is 4.98 Å². The number of benzene rings is 6. The second-order valence-corrected chi connectivity index (χ2v) is 15.3. The molecule has 4 heteroatoms. The first-order chi connectivity index (χ1) is 22.3. The van der Waals surface area contributed by atoms with E-state index in [9.17, 15) is 0 Å². The van der Waals surface area contributed by atoms with Crippen molar-refractivity contribution < 1.29 is 8.83 Å². The van der Waals surface area contributed by atoms with Gasteiger partial charge >= 0.3 is 0 Å². The molecule has 0 fully saturated rings. The van der Waals surface area contributed by atoms with E-state index in [4.69, 9.17) is 13.8 Å². The Hall–Kier alpha value is -5.71. The number of nitrogens with zero attached hydrogens (tertiary/aromatic N) is 1. The van der Waals surface area contributed by atoms with Crippen molar-refractivity contribution in [2.75, 3.05) is 0 Å². The van der Waals surface area contributed by atoms with Crippen LogP contribution in [0, 0.1) is 0 Å². The normalized spacial score (nSPS) is 12.0. The maximum Gasteiger partial charge on any atom is 0.179 e. The van der Waals surface area contributed by atoms with Crippen molar-refractivity contribution in [3.05, 3.63) is 164 Å². The summed E-state index contributed by atoms with van der Waals surface area (Å²) in [7, 11) is -2.67. The Balaban J connectivity index is 1.28. The van der Waals surface area contributed by atoms with Gasteiger partial charge in [0.15, 0.2) is 13.7 Å². The summed E-state index contributed by atoms with van der Waals surface area (Å²) in [6.45, 7) is 0. The quantitative estimate of drug-likeness (QED) is 0.150. The van der Waals surface area contributed by atoms with Crippen LogP contribution in [0.15, 0.2) is 173 Å². The molecule has 0 bridgehead atoms. The molecule has 0 saturated heterocycles. The first-order valence-corrected chi connectivity index (χ1v) is 17.2. The highest BCUT2D eigenvalue weighted by Crippen LogP contribution is 2.34. The summed E-state index contributed by atoms with van der Waals surface area (Å²) in [5.41, 5.74) is 6.22. The summed E-state index contributed by atoms with van der Waals surface area (Å²) in [4.78, 5) is 5.06. The highest BCUT2D eigenvalue weighted by atomic mass is 28.3. The van der Waals surface area contributed by atoms with Crippen LogP contribution in [0.2, 0.25) is 0 Å². The zero-order valence-electron chi connectivity index (χ0n) is 24.4. The molecule has 0 N–H and O–H groups in total. The number of hydrogen-bond acceptors (Lipinski definition) is 3. The van der Waals surface area contributed by atoms with Gasteiger partial charge in [-0.1, -0.05) is 115 Å². The third kappa shape index (κ3) is 4.00. The summed E-state index contributed by atoms with van der Waals surface area (Å²) in [6, 6.07) is 58.4. The van der Waals surface area contributed by atoms with E-state index in [1.807, 2.05) is 30.3 Å². The molecule has 0 radical (unpaired) electrons. The van der Waals surface area contributed by atoms with E-state index in [0.717, 1.165) is 55.3 Å². The zero-order valence-corrected chi connectivity index (χ0v) is 25.4. The Morgan fingerprint density at radius 1 is 0.378 bits per heavy atom. The number of fused-ring (bicyclic) bond motifs is 6. The van der Waals surface area contributed by atoms with Gasteiger partial charge in [0.05, 0.1) is 5.69 Å². The van der Waals surface area contributed by atoms with Crippen LogP contribution in [-0.2, 0) is 0 Å². The molecule has 45 heavy (non-hydrogen) atoms. The number of pyridine rings is 1. The summed E-state index contributed by atoms with van der Waals surface area (Å²) >= 11 is 0. The van der Waals surface area contributed by atoms with Crippen LogP contribution in [0.4, 0.5) is 0 Å². The standard InChI is InChI=1S/C41H27NO2Si/c1-4-12-29(13-5-1)45(30-14-6-2-7-15-30,31-16-8-3-9-17-31)32-21-24-39-35(27-32)34-26-28(20-23-38(34)43-39)36-22-25-40-41(42-36)33-18-10-11-19-37(33)44-40/h1-27H. The minimum Gasteiger partial charge on any atom is -0.456 e. The fraction of sp³-hybridized carbons (Fsp3) is 0. The van der Waals surface area contributed by atoms with Crippen molar-refractivity contribution in [1.82, 2.24) is 4.98 Å². The van der Waals surface area contributed by atoms with Crippen LogP contribution in [0.1, 0.15) is 0 Å². The molecule has 3 nitrogen and oxygen atoms in total. The average Bonchev–Trinajstić information content (AvgIpc) is 3.67. The fourth-order valence-electron chi connectivity index (χ4n) is 6.99.